The number of aromatic nitrogens is 3. The Hall–Kier alpha value is -4.36. The van der Waals surface area contributed by atoms with Gasteiger partial charge >= 0.3 is 0 Å². The summed E-state index contributed by atoms with van der Waals surface area (Å²) < 4.78 is 8.78. The minimum absolute atomic E-state index is 0.0119. The van der Waals surface area contributed by atoms with Crippen LogP contribution in [0.2, 0.25) is 5.02 Å². The summed E-state index contributed by atoms with van der Waals surface area (Å²) >= 11 is 8.91. The largest absolute Gasteiger partial charge is 0.466 e. The maximum atomic E-state index is 11.6. The van der Waals surface area contributed by atoms with E-state index in [2.05, 4.69) is 15.9 Å². The van der Waals surface area contributed by atoms with Crippen LogP contribution in [0.3, 0.4) is 0 Å². The first-order chi connectivity index (χ1) is 25.0. The van der Waals surface area contributed by atoms with Crippen molar-refractivity contribution >= 4 is 33.3 Å². The molecule has 14 heteroatoms. The van der Waals surface area contributed by atoms with Gasteiger partial charge in [-0.15, -0.1) is 0 Å². The van der Waals surface area contributed by atoms with Crippen molar-refractivity contribution in [3.8, 4) is 0 Å². The summed E-state index contributed by atoms with van der Waals surface area (Å²) in [4.78, 5) is 55.5. The molecule has 0 spiro atoms. The Morgan fingerprint density at radius 2 is 1.02 bits per heavy atom. The van der Waals surface area contributed by atoms with E-state index < -0.39 is 0 Å². The molecule has 0 bridgehead atoms. The molecule has 4 heterocycles. The van der Waals surface area contributed by atoms with Crippen molar-refractivity contribution in [2.24, 2.45) is 0 Å². The van der Waals surface area contributed by atoms with Crippen LogP contribution in [0.5, 0.6) is 0 Å². The van der Waals surface area contributed by atoms with E-state index in [9.17, 15) is 39.6 Å². The molecule has 0 radical (unpaired) electrons. The van der Waals surface area contributed by atoms with E-state index in [-0.39, 0.29) is 32.5 Å². The van der Waals surface area contributed by atoms with Crippen molar-refractivity contribution in [1.82, 2.24) is 14.2 Å². The average Bonchev–Trinajstić information content (AvgIpc) is 3.12. The Bertz CT molecular complexity index is 2090. The lowest BCUT2D eigenvalue weighted by Gasteiger charge is -2.11. The van der Waals surface area contributed by atoms with Crippen molar-refractivity contribution in [3.05, 3.63) is 130 Å². The molecule has 0 aliphatic heterocycles. The first-order valence-electron chi connectivity index (χ1n) is 17.7. The molecule has 4 rings (SSSR count). The SMILES string of the molecule is CCC(C)=O.CCc1c(C)n(O)c(C)c(Br)c1=O.CCc1c(C)n(O)c(C)c(Cl)c1=O.CCc1c(C)n(O)c(C)cc1=O.CCc1c(C)oc(C)cc1=O. The van der Waals surface area contributed by atoms with E-state index in [0.717, 1.165) is 31.9 Å². The molecule has 0 atom stereocenters. The van der Waals surface area contributed by atoms with Crippen LogP contribution in [0.1, 0.15) is 116 Å². The molecule has 0 fully saturated rings. The van der Waals surface area contributed by atoms with Gasteiger partial charge in [0.2, 0.25) is 5.43 Å². The average molecular weight is 839 g/mol. The van der Waals surface area contributed by atoms with Crippen LogP contribution in [-0.4, -0.2) is 35.6 Å². The molecule has 0 amide bonds. The first-order valence-corrected chi connectivity index (χ1v) is 18.9. The molecule has 0 saturated carbocycles. The van der Waals surface area contributed by atoms with Gasteiger partial charge in [-0.2, -0.15) is 14.2 Å². The minimum atomic E-state index is -0.176. The van der Waals surface area contributed by atoms with Gasteiger partial charge in [0.15, 0.2) is 16.3 Å². The molecular formula is C40H57BrClN3O9. The molecule has 12 nitrogen and oxygen atoms in total. The number of carbonyl (C=O) groups is 1. The number of ketones is 1. The second-order valence-corrected chi connectivity index (χ2v) is 13.6. The van der Waals surface area contributed by atoms with Crippen LogP contribution in [0.25, 0.3) is 0 Å². The second kappa shape index (κ2) is 22.8. The number of hydrogen-bond donors (Lipinski definition) is 3. The van der Waals surface area contributed by atoms with E-state index in [1.165, 1.54) is 12.1 Å². The Labute approximate surface area is 330 Å². The Kier molecular flexibility index (Phi) is 20.9. The molecule has 3 N–H and O–H groups in total. The van der Waals surface area contributed by atoms with Crippen molar-refractivity contribution in [3.63, 3.8) is 0 Å². The number of rotatable bonds is 5. The molecule has 300 valence electrons. The van der Waals surface area contributed by atoms with E-state index >= 15 is 0 Å². The summed E-state index contributed by atoms with van der Waals surface area (Å²) in [7, 11) is 0. The van der Waals surface area contributed by atoms with Gasteiger partial charge in [0.1, 0.15) is 22.3 Å². The second-order valence-electron chi connectivity index (χ2n) is 12.5. The highest BCUT2D eigenvalue weighted by molar-refractivity contribution is 9.10. The number of carbonyl (C=O) groups excluding carboxylic acids is 1. The predicted molar refractivity (Wildman–Crippen MR) is 218 cm³/mol. The third-order valence-electron chi connectivity index (χ3n) is 8.74. The third kappa shape index (κ3) is 12.9. The van der Waals surface area contributed by atoms with Crippen LogP contribution >= 0.6 is 27.5 Å². The van der Waals surface area contributed by atoms with Crippen LogP contribution in [-0.2, 0) is 30.5 Å². The van der Waals surface area contributed by atoms with Crippen LogP contribution in [0.4, 0.5) is 0 Å². The fourth-order valence-corrected chi connectivity index (χ4v) is 5.84. The van der Waals surface area contributed by atoms with Crippen molar-refractivity contribution in [2.75, 3.05) is 0 Å². The van der Waals surface area contributed by atoms with Crippen molar-refractivity contribution in [2.45, 2.75) is 129 Å². The van der Waals surface area contributed by atoms with Gasteiger partial charge in [-0.1, -0.05) is 46.2 Å². The molecule has 0 aromatic carbocycles. The molecule has 0 aliphatic rings. The van der Waals surface area contributed by atoms with E-state index in [4.69, 9.17) is 16.0 Å². The van der Waals surface area contributed by atoms with Gasteiger partial charge < -0.3 is 24.8 Å². The summed E-state index contributed by atoms with van der Waals surface area (Å²) in [6.07, 6.45) is 3.27. The number of halogens is 2. The summed E-state index contributed by atoms with van der Waals surface area (Å²) in [5.74, 6) is 1.69. The maximum absolute atomic E-state index is 11.6. The molecule has 0 aliphatic carbocycles. The molecular weight excluding hydrogens is 782 g/mol. The van der Waals surface area contributed by atoms with Crippen LogP contribution in [0.15, 0.2) is 40.2 Å². The van der Waals surface area contributed by atoms with Crippen molar-refractivity contribution < 1.29 is 24.8 Å². The number of aryl methyl sites for hydroxylation is 3. The molecule has 0 saturated heterocycles. The summed E-state index contributed by atoms with van der Waals surface area (Å²) in [6.45, 7) is 24.8. The molecule has 0 unspecified atom stereocenters. The third-order valence-corrected chi connectivity index (χ3v) is 10.1. The van der Waals surface area contributed by atoms with Crippen molar-refractivity contribution in [1.29, 1.82) is 0 Å². The smallest absolute Gasteiger partial charge is 0.204 e. The fraction of sp³-hybridized carbons (Fsp3) is 0.475. The fourth-order valence-electron chi connectivity index (χ4n) is 5.24. The lowest BCUT2D eigenvalue weighted by atomic mass is 10.1. The first kappa shape index (κ1) is 49.6. The van der Waals surface area contributed by atoms with Gasteiger partial charge in [0.25, 0.3) is 0 Å². The molecule has 4 aromatic heterocycles. The number of pyridine rings is 3. The van der Waals surface area contributed by atoms with E-state index in [1.54, 1.807) is 55.4 Å². The quantitative estimate of drug-likeness (QED) is 0.168. The van der Waals surface area contributed by atoms with E-state index in [1.807, 2.05) is 41.5 Å². The highest BCUT2D eigenvalue weighted by Gasteiger charge is 2.14. The highest BCUT2D eigenvalue weighted by Crippen LogP contribution is 2.16. The molecule has 54 heavy (non-hydrogen) atoms. The Morgan fingerprint density at radius 3 is 1.43 bits per heavy atom. The lowest BCUT2D eigenvalue weighted by Crippen LogP contribution is -2.19. The topological polar surface area (TPSA) is 174 Å². The number of hydrogen-bond acceptors (Lipinski definition) is 9. The summed E-state index contributed by atoms with van der Waals surface area (Å²) in [5.41, 5.74) is 5.93. The summed E-state index contributed by atoms with van der Waals surface area (Å²) in [5, 5.41) is 28.6. The zero-order valence-corrected chi connectivity index (χ0v) is 36.4. The number of nitrogens with zero attached hydrogens (tertiary/aromatic N) is 3. The standard InChI is InChI=1S/C9H12BrNO2.C9H12ClNO2.C9H13NO2.C9H12O2.C4H8O/c2*1-4-7-5(2)11(13)6(3)8(10)9(7)12;1-4-8-7(3)10(12)6(2)5-9(8)11;1-4-8-7(3)11-6(2)5-9(8)10;1-3-4(2)5/h2*13H,4H2,1-3H3;5,12H,4H2,1-3H3;5H,4H2,1-3H3;3H2,1-2H3. The zero-order valence-electron chi connectivity index (χ0n) is 34.1. The normalized spacial score (nSPS) is 10.1. The highest BCUT2D eigenvalue weighted by atomic mass is 79.9. The van der Waals surface area contributed by atoms with Gasteiger partial charge in [-0.05, 0) is 104 Å². The monoisotopic (exact) mass is 837 g/mol. The van der Waals surface area contributed by atoms with Gasteiger partial charge in [0.05, 0.1) is 38.6 Å². The Morgan fingerprint density at radius 1 is 0.630 bits per heavy atom. The number of Topliss-reactive ketones (excluding diaryl/α,β-unsaturated/α-hetero) is 1. The zero-order chi connectivity index (χ0) is 42.4. The lowest BCUT2D eigenvalue weighted by molar-refractivity contribution is -0.116. The van der Waals surface area contributed by atoms with E-state index in [0.29, 0.717) is 86.8 Å². The van der Waals surface area contributed by atoms with Gasteiger partial charge in [-0.3, -0.25) is 19.2 Å². The minimum Gasteiger partial charge on any atom is -0.466 e. The van der Waals surface area contributed by atoms with Gasteiger partial charge in [0, 0.05) is 40.8 Å². The molecule has 4 aromatic rings. The van der Waals surface area contributed by atoms with Crippen LogP contribution in [0, 0.1) is 55.4 Å². The predicted octanol–water partition coefficient (Wildman–Crippen LogP) is 8.01. The van der Waals surface area contributed by atoms with Gasteiger partial charge in [-0.25, -0.2) is 0 Å². The summed E-state index contributed by atoms with van der Waals surface area (Å²) in [6, 6.07) is 2.98. The Balaban J connectivity index is 0.000000666. The maximum Gasteiger partial charge on any atom is 0.204 e. The van der Waals surface area contributed by atoms with Crippen LogP contribution < -0.4 is 21.7 Å².